The third kappa shape index (κ3) is 2.47. The first-order valence-corrected chi connectivity index (χ1v) is 12.3. The highest BCUT2D eigenvalue weighted by atomic mass is 15.3. The molecular formula is C31H29N4+. The van der Waals surface area contributed by atoms with Gasteiger partial charge in [-0.15, -0.1) is 0 Å². The van der Waals surface area contributed by atoms with Crippen molar-refractivity contribution in [2.75, 3.05) is 0 Å². The van der Waals surface area contributed by atoms with E-state index in [4.69, 9.17) is 4.98 Å². The van der Waals surface area contributed by atoms with Gasteiger partial charge in [0.1, 0.15) is 0 Å². The van der Waals surface area contributed by atoms with Gasteiger partial charge in [0, 0.05) is 22.6 Å². The second-order valence-electron chi connectivity index (χ2n) is 10.6. The number of hydrogen-bond donors (Lipinski definition) is 0. The van der Waals surface area contributed by atoms with Crippen molar-refractivity contribution >= 4 is 27.8 Å². The Kier molecular flexibility index (Phi) is 3.86. The Hall–Kier alpha value is -3.92. The van der Waals surface area contributed by atoms with Crippen molar-refractivity contribution in [1.82, 2.24) is 14.0 Å². The molecule has 0 unspecified atom stereocenters. The minimum Gasteiger partial charge on any atom is -0.254 e. The largest absolute Gasteiger partial charge is 0.312 e. The normalized spacial score (nSPS) is 14.2. The summed E-state index contributed by atoms with van der Waals surface area (Å²) in [6.07, 6.45) is 2.31. The van der Waals surface area contributed by atoms with Crippen LogP contribution >= 0.6 is 0 Å². The maximum Gasteiger partial charge on any atom is 0.312 e. The number of aryl methyl sites for hydroxylation is 4. The highest BCUT2D eigenvalue weighted by Gasteiger charge is 2.38. The average Bonchev–Trinajstić information content (AvgIpc) is 3.44. The van der Waals surface area contributed by atoms with Crippen molar-refractivity contribution in [3.63, 3.8) is 0 Å². The molecule has 0 radical (unpaired) electrons. The van der Waals surface area contributed by atoms with Crippen molar-refractivity contribution in [2.45, 2.75) is 40.0 Å². The highest BCUT2D eigenvalue weighted by molar-refractivity contribution is 5.94. The number of fused-ring (bicyclic) bond motifs is 8. The number of pyridine rings is 1. The molecule has 4 heteroatoms. The predicted octanol–water partition coefficient (Wildman–Crippen LogP) is 6.49. The van der Waals surface area contributed by atoms with Crippen molar-refractivity contribution in [1.29, 1.82) is 0 Å². The van der Waals surface area contributed by atoms with Crippen molar-refractivity contribution < 1.29 is 4.57 Å². The molecule has 0 bridgehead atoms. The zero-order valence-corrected chi connectivity index (χ0v) is 21.1. The Morgan fingerprint density at radius 2 is 1.60 bits per heavy atom. The molecule has 0 spiro atoms. The molecule has 1 aliphatic rings. The smallest absolute Gasteiger partial charge is 0.254 e. The van der Waals surface area contributed by atoms with Crippen LogP contribution in [0.15, 0.2) is 66.9 Å². The molecule has 0 saturated heterocycles. The summed E-state index contributed by atoms with van der Waals surface area (Å²) in [6, 6.07) is 22.2. The molecule has 3 aromatic heterocycles. The summed E-state index contributed by atoms with van der Waals surface area (Å²) in [5.74, 6) is 2.09. The summed E-state index contributed by atoms with van der Waals surface area (Å²) in [7, 11) is 2.16. The highest BCUT2D eigenvalue weighted by Crippen LogP contribution is 2.48. The van der Waals surface area contributed by atoms with E-state index in [0.717, 1.165) is 22.6 Å². The van der Waals surface area contributed by atoms with E-state index >= 15 is 0 Å². The van der Waals surface area contributed by atoms with Gasteiger partial charge in [-0.2, -0.15) is 9.55 Å². The van der Waals surface area contributed by atoms with Gasteiger partial charge in [0.25, 0.3) is 5.82 Å². The first-order chi connectivity index (χ1) is 16.8. The summed E-state index contributed by atoms with van der Waals surface area (Å²) >= 11 is 0. The molecule has 0 atom stereocenters. The van der Waals surface area contributed by atoms with Gasteiger partial charge in [-0.1, -0.05) is 56.3 Å². The molecule has 1 aliphatic carbocycles. The average molecular weight is 458 g/mol. The molecule has 0 N–H and O–H groups in total. The van der Waals surface area contributed by atoms with Gasteiger partial charge in [-0.25, -0.2) is 4.57 Å². The fraction of sp³-hybridized carbons (Fsp3) is 0.226. The van der Waals surface area contributed by atoms with Crippen molar-refractivity contribution in [3.8, 4) is 16.9 Å². The zero-order valence-electron chi connectivity index (χ0n) is 21.1. The first kappa shape index (κ1) is 20.5. The topological polar surface area (TPSA) is 26.1 Å². The lowest BCUT2D eigenvalue weighted by atomic mass is 9.83. The van der Waals surface area contributed by atoms with Gasteiger partial charge in [-0.3, -0.25) is 4.40 Å². The van der Waals surface area contributed by atoms with E-state index in [1.165, 1.54) is 50.0 Å². The molecule has 0 fully saturated rings. The third-order valence-electron chi connectivity index (χ3n) is 8.25. The lowest BCUT2D eigenvalue weighted by Crippen LogP contribution is -2.35. The first-order valence-electron chi connectivity index (χ1n) is 12.3. The number of nitrogens with zero attached hydrogens (tertiary/aromatic N) is 4. The Bertz CT molecular complexity index is 1860. The maximum atomic E-state index is 5.22. The maximum absolute atomic E-state index is 5.22. The van der Waals surface area contributed by atoms with E-state index in [9.17, 15) is 0 Å². The number of hydrogen-bond acceptors (Lipinski definition) is 1. The molecule has 0 aliphatic heterocycles. The number of rotatable bonds is 1. The lowest BCUT2D eigenvalue weighted by Gasteiger charge is -2.21. The van der Waals surface area contributed by atoms with Crippen LogP contribution < -0.4 is 4.57 Å². The van der Waals surface area contributed by atoms with E-state index in [1.54, 1.807) is 0 Å². The molecule has 172 valence electrons. The molecule has 35 heavy (non-hydrogen) atoms. The molecule has 4 nitrogen and oxygen atoms in total. The Labute approximate surface area is 205 Å². The fourth-order valence-electron chi connectivity index (χ4n) is 6.18. The Morgan fingerprint density at radius 3 is 2.43 bits per heavy atom. The van der Waals surface area contributed by atoms with Crippen LogP contribution in [0.25, 0.3) is 44.8 Å². The van der Waals surface area contributed by atoms with Crippen LogP contribution in [0.5, 0.6) is 0 Å². The summed E-state index contributed by atoms with van der Waals surface area (Å²) in [5.41, 5.74) is 13.8. The van der Waals surface area contributed by atoms with Gasteiger partial charge >= 0.3 is 5.78 Å². The van der Waals surface area contributed by atoms with Crippen LogP contribution in [-0.4, -0.2) is 14.0 Å². The second-order valence-corrected chi connectivity index (χ2v) is 10.6. The van der Waals surface area contributed by atoms with Gasteiger partial charge in [0.05, 0.1) is 29.8 Å². The Morgan fingerprint density at radius 1 is 0.800 bits per heavy atom. The minimum atomic E-state index is -0.0597. The van der Waals surface area contributed by atoms with Crippen molar-refractivity contribution in [2.24, 2.45) is 7.05 Å². The minimum absolute atomic E-state index is 0.0597. The monoisotopic (exact) mass is 457 g/mol. The summed E-state index contributed by atoms with van der Waals surface area (Å²) < 4.78 is 6.97. The molecule has 6 aromatic rings. The quantitative estimate of drug-likeness (QED) is 0.259. The number of aromatic nitrogens is 4. The van der Waals surface area contributed by atoms with E-state index in [1.807, 2.05) is 0 Å². The van der Waals surface area contributed by atoms with E-state index < -0.39 is 0 Å². The number of benzene rings is 3. The lowest BCUT2D eigenvalue weighted by molar-refractivity contribution is -0.665. The van der Waals surface area contributed by atoms with Crippen LogP contribution in [0.2, 0.25) is 0 Å². The fourth-order valence-corrected chi connectivity index (χ4v) is 6.18. The molecule has 0 amide bonds. The molecular weight excluding hydrogens is 428 g/mol. The second kappa shape index (κ2) is 6.60. The SMILES string of the molecule is Cc1ccc2c(c1C)n(-c1cc3c(c[n+]1C)-c1ccccc1C3(C)C)c1nc3c(C)cccc3n21. The van der Waals surface area contributed by atoms with Crippen LogP contribution in [-0.2, 0) is 12.5 Å². The molecule has 3 aromatic carbocycles. The summed E-state index contributed by atoms with van der Waals surface area (Å²) in [6.45, 7) is 11.3. The van der Waals surface area contributed by atoms with Crippen molar-refractivity contribution in [3.05, 3.63) is 94.7 Å². The van der Waals surface area contributed by atoms with E-state index in [0.29, 0.717) is 0 Å². The Balaban J connectivity index is 1.65. The van der Waals surface area contributed by atoms with E-state index in [-0.39, 0.29) is 5.41 Å². The van der Waals surface area contributed by atoms with Gasteiger partial charge in [0.15, 0.2) is 5.52 Å². The molecule has 7 rings (SSSR count). The van der Waals surface area contributed by atoms with Crippen LogP contribution in [0, 0.1) is 20.8 Å². The third-order valence-corrected chi connectivity index (χ3v) is 8.25. The van der Waals surface area contributed by atoms with Gasteiger partial charge in [-0.05, 0) is 60.7 Å². The predicted molar refractivity (Wildman–Crippen MR) is 142 cm³/mol. The van der Waals surface area contributed by atoms with Crippen LogP contribution in [0.1, 0.15) is 41.7 Å². The number of imidazole rings is 2. The van der Waals surface area contributed by atoms with Gasteiger partial charge < -0.3 is 0 Å². The summed E-state index contributed by atoms with van der Waals surface area (Å²) in [5, 5.41) is 0. The molecule has 3 heterocycles. The molecule has 0 saturated carbocycles. The van der Waals surface area contributed by atoms with Crippen LogP contribution in [0.3, 0.4) is 0 Å². The number of para-hydroxylation sites is 1. The summed E-state index contributed by atoms with van der Waals surface area (Å²) in [4.78, 5) is 5.22. The standard InChI is InChI=1S/C31H29N4/c1-18-14-15-26-29(20(18)3)35(30-32-28-19(2)10-9-13-25(28)34(26)30)27-16-24-22(17-33(27)6)21-11-7-8-12-23(21)31(24,4)5/h7-17H,1-6H3/q+1. The van der Waals surface area contributed by atoms with Gasteiger partial charge in [0.2, 0.25) is 0 Å². The van der Waals surface area contributed by atoms with Crippen LogP contribution in [0.4, 0.5) is 0 Å². The van der Waals surface area contributed by atoms with E-state index in [2.05, 4.69) is 122 Å². The zero-order chi connectivity index (χ0) is 24.2.